The molecular weight excluding hydrogens is 243 g/mol. The molecule has 1 aromatic rings. The van der Waals surface area contributed by atoms with Crippen molar-refractivity contribution in [2.45, 2.75) is 32.4 Å². The Labute approximate surface area is 105 Å². The van der Waals surface area contributed by atoms with E-state index in [9.17, 15) is 9.18 Å². The Morgan fingerprint density at radius 3 is 2.53 bits per heavy atom. The first-order valence-corrected chi connectivity index (χ1v) is 5.68. The SMILES string of the molecule is CC(C)NC(C)(C(N)=O)c1ccc(F)cc1Cl. The van der Waals surface area contributed by atoms with Gasteiger partial charge in [0.2, 0.25) is 5.91 Å². The average Bonchev–Trinajstić information content (AvgIpc) is 2.15. The van der Waals surface area contributed by atoms with E-state index in [2.05, 4.69) is 5.32 Å². The summed E-state index contributed by atoms with van der Waals surface area (Å²) in [5.41, 5.74) is 4.77. The topological polar surface area (TPSA) is 55.1 Å². The fourth-order valence-electron chi connectivity index (χ4n) is 1.75. The lowest BCUT2D eigenvalue weighted by molar-refractivity contribution is -0.124. The van der Waals surface area contributed by atoms with Gasteiger partial charge in [0.05, 0.1) is 0 Å². The number of primary amides is 1. The second-order valence-electron chi connectivity index (χ2n) is 4.41. The van der Waals surface area contributed by atoms with E-state index in [1.165, 1.54) is 18.2 Å². The van der Waals surface area contributed by atoms with Gasteiger partial charge in [-0.05, 0) is 32.9 Å². The third kappa shape index (κ3) is 2.96. The van der Waals surface area contributed by atoms with E-state index in [-0.39, 0.29) is 11.1 Å². The lowest BCUT2D eigenvalue weighted by Crippen LogP contribution is -2.53. The number of hydrogen-bond donors (Lipinski definition) is 2. The number of nitrogens with two attached hydrogens (primary N) is 1. The van der Waals surface area contributed by atoms with Crippen LogP contribution in [0.25, 0.3) is 0 Å². The van der Waals surface area contributed by atoms with E-state index in [0.717, 1.165) is 0 Å². The molecule has 1 amide bonds. The van der Waals surface area contributed by atoms with Gasteiger partial charge in [-0.25, -0.2) is 4.39 Å². The molecule has 94 valence electrons. The molecule has 1 aromatic carbocycles. The van der Waals surface area contributed by atoms with Crippen molar-refractivity contribution in [1.29, 1.82) is 0 Å². The summed E-state index contributed by atoms with van der Waals surface area (Å²) in [7, 11) is 0. The quantitative estimate of drug-likeness (QED) is 0.870. The van der Waals surface area contributed by atoms with E-state index in [1.807, 2.05) is 13.8 Å². The van der Waals surface area contributed by atoms with Gasteiger partial charge in [-0.3, -0.25) is 10.1 Å². The second kappa shape index (κ2) is 5.02. The Kier molecular flexibility index (Phi) is 4.11. The van der Waals surface area contributed by atoms with Crippen LogP contribution in [0.1, 0.15) is 26.3 Å². The number of nitrogens with one attached hydrogen (secondary N) is 1. The minimum atomic E-state index is -1.11. The average molecular weight is 259 g/mol. The van der Waals surface area contributed by atoms with Crippen molar-refractivity contribution in [3.63, 3.8) is 0 Å². The van der Waals surface area contributed by atoms with Gasteiger partial charge in [-0.15, -0.1) is 0 Å². The molecule has 0 saturated heterocycles. The molecule has 5 heteroatoms. The summed E-state index contributed by atoms with van der Waals surface area (Å²) < 4.78 is 13.0. The molecule has 0 aliphatic rings. The molecule has 0 aliphatic heterocycles. The number of halogens is 2. The zero-order chi connectivity index (χ0) is 13.2. The van der Waals surface area contributed by atoms with Gasteiger partial charge < -0.3 is 5.73 Å². The highest BCUT2D eigenvalue weighted by molar-refractivity contribution is 6.31. The van der Waals surface area contributed by atoms with Crippen LogP contribution in [0.2, 0.25) is 5.02 Å². The predicted octanol–water partition coefficient (Wildman–Crippen LogP) is 2.18. The van der Waals surface area contributed by atoms with Gasteiger partial charge in [0, 0.05) is 16.6 Å². The molecule has 1 rings (SSSR count). The Balaban J connectivity index is 3.27. The van der Waals surface area contributed by atoms with Gasteiger partial charge in [-0.1, -0.05) is 17.7 Å². The van der Waals surface area contributed by atoms with Crippen molar-refractivity contribution in [2.75, 3.05) is 0 Å². The van der Waals surface area contributed by atoms with Crippen molar-refractivity contribution >= 4 is 17.5 Å². The molecular formula is C12H16ClFN2O. The molecule has 1 atom stereocenters. The van der Waals surface area contributed by atoms with E-state index in [4.69, 9.17) is 17.3 Å². The van der Waals surface area contributed by atoms with Gasteiger partial charge in [0.25, 0.3) is 0 Å². The molecule has 0 bridgehead atoms. The third-order valence-corrected chi connectivity index (χ3v) is 2.85. The standard InChI is InChI=1S/C12H16ClFN2O/c1-7(2)16-12(3,11(15)17)9-5-4-8(14)6-10(9)13/h4-7,16H,1-3H3,(H2,15,17). The number of carbonyl (C=O) groups excluding carboxylic acids is 1. The first-order valence-electron chi connectivity index (χ1n) is 5.30. The molecule has 3 N–H and O–H groups in total. The van der Waals surface area contributed by atoms with Crippen LogP contribution < -0.4 is 11.1 Å². The molecule has 1 unspecified atom stereocenters. The summed E-state index contributed by atoms with van der Waals surface area (Å²) in [6, 6.07) is 3.93. The largest absolute Gasteiger partial charge is 0.368 e. The summed E-state index contributed by atoms with van der Waals surface area (Å²) >= 11 is 5.95. The van der Waals surface area contributed by atoms with Gasteiger partial charge in [-0.2, -0.15) is 0 Å². The monoisotopic (exact) mass is 258 g/mol. The van der Waals surface area contributed by atoms with Crippen LogP contribution in [0.4, 0.5) is 4.39 Å². The van der Waals surface area contributed by atoms with E-state index in [1.54, 1.807) is 6.92 Å². The van der Waals surface area contributed by atoms with E-state index in [0.29, 0.717) is 5.56 Å². The van der Waals surface area contributed by atoms with E-state index >= 15 is 0 Å². The molecule has 0 fully saturated rings. The molecule has 3 nitrogen and oxygen atoms in total. The third-order valence-electron chi connectivity index (χ3n) is 2.54. The van der Waals surface area contributed by atoms with Crippen LogP contribution in [-0.2, 0) is 10.3 Å². The maximum atomic E-state index is 13.0. The molecule has 0 spiro atoms. The minimum absolute atomic E-state index is 0.0358. The summed E-state index contributed by atoms with van der Waals surface area (Å²) in [6.45, 7) is 5.41. The Bertz CT molecular complexity index is 437. The fourth-order valence-corrected chi connectivity index (χ4v) is 2.11. The Morgan fingerprint density at radius 2 is 2.12 bits per heavy atom. The number of carbonyl (C=O) groups is 1. The van der Waals surface area contributed by atoms with Crippen LogP contribution in [-0.4, -0.2) is 11.9 Å². The lowest BCUT2D eigenvalue weighted by atomic mass is 9.90. The highest BCUT2D eigenvalue weighted by Crippen LogP contribution is 2.29. The minimum Gasteiger partial charge on any atom is -0.368 e. The first kappa shape index (κ1) is 13.9. The van der Waals surface area contributed by atoms with Crippen LogP contribution in [0.5, 0.6) is 0 Å². The molecule has 17 heavy (non-hydrogen) atoms. The van der Waals surface area contributed by atoms with Gasteiger partial charge >= 0.3 is 0 Å². The molecule has 0 aromatic heterocycles. The first-order chi connectivity index (χ1) is 7.77. The molecule has 0 radical (unpaired) electrons. The summed E-state index contributed by atoms with van der Waals surface area (Å²) in [5.74, 6) is -1.00. The van der Waals surface area contributed by atoms with E-state index < -0.39 is 17.3 Å². The molecule has 0 heterocycles. The Morgan fingerprint density at radius 1 is 1.53 bits per heavy atom. The normalized spacial score (nSPS) is 14.7. The number of hydrogen-bond acceptors (Lipinski definition) is 2. The van der Waals surface area contributed by atoms with Crippen molar-refractivity contribution < 1.29 is 9.18 Å². The maximum absolute atomic E-state index is 13.0. The maximum Gasteiger partial charge on any atom is 0.242 e. The summed E-state index contributed by atoms with van der Waals surface area (Å²) in [4.78, 5) is 11.6. The molecule has 0 saturated carbocycles. The number of rotatable bonds is 4. The second-order valence-corrected chi connectivity index (χ2v) is 4.82. The van der Waals surface area contributed by atoms with Gasteiger partial charge in [0.15, 0.2) is 0 Å². The van der Waals surface area contributed by atoms with Crippen LogP contribution in [0.3, 0.4) is 0 Å². The van der Waals surface area contributed by atoms with Crippen LogP contribution >= 0.6 is 11.6 Å². The fraction of sp³-hybridized carbons (Fsp3) is 0.417. The highest BCUT2D eigenvalue weighted by atomic mass is 35.5. The smallest absolute Gasteiger partial charge is 0.242 e. The van der Waals surface area contributed by atoms with Crippen molar-refractivity contribution in [3.8, 4) is 0 Å². The lowest BCUT2D eigenvalue weighted by Gasteiger charge is -2.31. The zero-order valence-corrected chi connectivity index (χ0v) is 10.8. The number of benzene rings is 1. The zero-order valence-electron chi connectivity index (χ0n) is 10.1. The van der Waals surface area contributed by atoms with Crippen molar-refractivity contribution in [1.82, 2.24) is 5.32 Å². The predicted molar refractivity (Wildman–Crippen MR) is 66.2 cm³/mol. The van der Waals surface area contributed by atoms with Crippen LogP contribution in [0.15, 0.2) is 18.2 Å². The van der Waals surface area contributed by atoms with Crippen molar-refractivity contribution in [2.24, 2.45) is 5.73 Å². The summed E-state index contributed by atoms with van der Waals surface area (Å²) in [6.07, 6.45) is 0. The Hall–Kier alpha value is -1.13. The van der Waals surface area contributed by atoms with Crippen LogP contribution in [0, 0.1) is 5.82 Å². The summed E-state index contributed by atoms with van der Waals surface area (Å²) in [5, 5.41) is 3.23. The number of amides is 1. The van der Waals surface area contributed by atoms with Gasteiger partial charge in [0.1, 0.15) is 11.4 Å². The van der Waals surface area contributed by atoms with Crippen molar-refractivity contribution in [3.05, 3.63) is 34.6 Å². The molecule has 0 aliphatic carbocycles. The highest BCUT2D eigenvalue weighted by Gasteiger charge is 2.35.